The van der Waals surface area contributed by atoms with E-state index in [0.717, 1.165) is 0 Å². The first kappa shape index (κ1) is 10.9. The lowest BCUT2D eigenvalue weighted by Gasteiger charge is -2.09. The second kappa shape index (κ2) is 6.61. The van der Waals surface area contributed by atoms with Gasteiger partial charge in [-0.15, -0.1) is 6.58 Å². The Bertz CT molecular complexity index is 163. The van der Waals surface area contributed by atoms with E-state index in [1.165, 1.54) is 6.08 Å². The molecule has 0 amide bonds. The molecular weight excluding hydrogens is 156 g/mol. The molecule has 0 saturated heterocycles. The number of hydrogen-bond acceptors (Lipinski definition) is 3. The van der Waals surface area contributed by atoms with E-state index in [4.69, 9.17) is 9.47 Å². The van der Waals surface area contributed by atoms with Gasteiger partial charge in [-0.3, -0.25) is 0 Å². The summed E-state index contributed by atoms with van der Waals surface area (Å²) in [7, 11) is 0. The monoisotopic (exact) mass is 170 g/mol. The van der Waals surface area contributed by atoms with Gasteiger partial charge in [0.05, 0.1) is 6.61 Å². The van der Waals surface area contributed by atoms with E-state index >= 15 is 0 Å². The molecule has 0 aliphatic heterocycles. The van der Waals surface area contributed by atoms with Crippen LogP contribution in [-0.4, -0.2) is 25.3 Å². The Kier molecular flexibility index (Phi) is 6.01. The first-order valence-corrected chi connectivity index (χ1v) is 3.72. The van der Waals surface area contributed by atoms with Gasteiger partial charge in [-0.25, -0.2) is 4.79 Å². The topological polar surface area (TPSA) is 35.5 Å². The molecule has 0 saturated carbocycles. The van der Waals surface area contributed by atoms with Gasteiger partial charge in [-0.05, 0) is 6.92 Å². The molecule has 68 valence electrons. The predicted octanol–water partition coefficient (Wildman–Crippen LogP) is 1.31. The van der Waals surface area contributed by atoms with Crippen molar-refractivity contribution >= 4 is 5.97 Å². The molecule has 0 aromatic rings. The van der Waals surface area contributed by atoms with Crippen molar-refractivity contribution in [1.29, 1.82) is 0 Å². The fourth-order valence-electron chi connectivity index (χ4n) is 0.539. The summed E-state index contributed by atoms with van der Waals surface area (Å²) in [5, 5.41) is 0. The fourth-order valence-corrected chi connectivity index (χ4v) is 0.539. The standard InChI is InChI=1S/C9H14O3/c1-4-6-11-8(3)9(10)12-7-5-2/h4-5,8H,1-2,6-7H2,3H3. The van der Waals surface area contributed by atoms with Crippen LogP contribution in [0.1, 0.15) is 6.92 Å². The lowest BCUT2D eigenvalue weighted by molar-refractivity contribution is -0.153. The fraction of sp³-hybridized carbons (Fsp3) is 0.444. The number of hydrogen-bond donors (Lipinski definition) is 0. The number of esters is 1. The molecule has 0 aliphatic rings. The van der Waals surface area contributed by atoms with Gasteiger partial charge in [-0.1, -0.05) is 18.7 Å². The SMILES string of the molecule is C=CCOC(=O)C(C)OCC=C. The van der Waals surface area contributed by atoms with Crippen LogP contribution in [0.2, 0.25) is 0 Å². The third-order valence-corrected chi connectivity index (χ3v) is 1.14. The average Bonchev–Trinajstić information content (AvgIpc) is 2.10. The van der Waals surface area contributed by atoms with Crippen molar-refractivity contribution in [2.24, 2.45) is 0 Å². The highest BCUT2D eigenvalue weighted by atomic mass is 16.6. The highest BCUT2D eigenvalue weighted by molar-refractivity contribution is 5.74. The molecule has 0 N–H and O–H groups in total. The molecule has 3 heteroatoms. The average molecular weight is 170 g/mol. The summed E-state index contributed by atoms with van der Waals surface area (Å²) in [6, 6.07) is 0. The summed E-state index contributed by atoms with van der Waals surface area (Å²) in [6.45, 7) is 9.09. The summed E-state index contributed by atoms with van der Waals surface area (Å²) in [6.07, 6.45) is 2.55. The Morgan fingerprint density at radius 1 is 1.42 bits per heavy atom. The van der Waals surface area contributed by atoms with Crippen molar-refractivity contribution in [1.82, 2.24) is 0 Å². The summed E-state index contributed by atoms with van der Waals surface area (Å²) in [5.41, 5.74) is 0. The van der Waals surface area contributed by atoms with Gasteiger partial charge < -0.3 is 9.47 Å². The second-order valence-electron chi connectivity index (χ2n) is 2.18. The molecule has 0 heterocycles. The van der Waals surface area contributed by atoms with Gasteiger partial charge in [0.15, 0.2) is 6.10 Å². The summed E-state index contributed by atoms with van der Waals surface area (Å²) < 4.78 is 9.76. The maximum Gasteiger partial charge on any atom is 0.335 e. The first-order valence-electron chi connectivity index (χ1n) is 3.72. The van der Waals surface area contributed by atoms with Crippen LogP contribution in [0.3, 0.4) is 0 Å². The van der Waals surface area contributed by atoms with E-state index in [0.29, 0.717) is 6.61 Å². The van der Waals surface area contributed by atoms with Gasteiger partial charge in [0.2, 0.25) is 0 Å². The van der Waals surface area contributed by atoms with Crippen LogP contribution in [0.15, 0.2) is 25.3 Å². The van der Waals surface area contributed by atoms with E-state index in [-0.39, 0.29) is 12.6 Å². The maximum absolute atomic E-state index is 11.0. The normalized spacial score (nSPS) is 11.8. The molecule has 0 rings (SSSR count). The Balaban J connectivity index is 3.60. The zero-order valence-corrected chi connectivity index (χ0v) is 7.29. The van der Waals surface area contributed by atoms with Crippen molar-refractivity contribution in [3.8, 4) is 0 Å². The van der Waals surface area contributed by atoms with E-state index < -0.39 is 6.10 Å². The Morgan fingerprint density at radius 2 is 2.00 bits per heavy atom. The third-order valence-electron chi connectivity index (χ3n) is 1.14. The zero-order chi connectivity index (χ0) is 9.40. The lowest BCUT2D eigenvalue weighted by atomic mass is 10.4. The summed E-state index contributed by atoms with van der Waals surface area (Å²) >= 11 is 0. The summed E-state index contributed by atoms with van der Waals surface area (Å²) in [4.78, 5) is 11.0. The highest BCUT2D eigenvalue weighted by Gasteiger charge is 2.12. The molecule has 0 aromatic heterocycles. The predicted molar refractivity (Wildman–Crippen MR) is 46.8 cm³/mol. The second-order valence-corrected chi connectivity index (χ2v) is 2.18. The van der Waals surface area contributed by atoms with Gasteiger partial charge in [-0.2, -0.15) is 0 Å². The van der Waals surface area contributed by atoms with E-state index in [1.54, 1.807) is 13.0 Å². The molecule has 0 aromatic carbocycles. The van der Waals surface area contributed by atoms with Crippen LogP contribution in [0.25, 0.3) is 0 Å². The van der Waals surface area contributed by atoms with Crippen molar-refractivity contribution < 1.29 is 14.3 Å². The molecule has 12 heavy (non-hydrogen) atoms. The van der Waals surface area contributed by atoms with Crippen molar-refractivity contribution in [2.75, 3.05) is 13.2 Å². The minimum Gasteiger partial charge on any atom is -0.460 e. The van der Waals surface area contributed by atoms with Crippen molar-refractivity contribution in [3.63, 3.8) is 0 Å². The van der Waals surface area contributed by atoms with Crippen LogP contribution < -0.4 is 0 Å². The van der Waals surface area contributed by atoms with Crippen molar-refractivity contribution in [2.45, 2.75) is 13.0 Å². The molecule has 3 nitrogen and oxygen atoms in total. The van der Waals surface area contributed by atoms with Gasteiger partial charge in [0.1, 0.15) is 6.61 Å². The van der Waals surface area contributed by atoms with Crippen LogP contribution in [-0.2, 0) is 14.3 Å². The quantitative estimate of drug-likeness (QED) is 0.445. The van der Waals surface area contributed by atoms with Gasteiger partial charge >= 0.3 is 5.97 Å². The van der Waals surface area contributed by atoms with Crippen molar-refractivity contribution in [3.05, 3.63) is 25.3 Å². The number of ether oxygens (including phenoxy) is 2. The minimum atomic E-state index is -0.539. The number of carbonyl (C=O) groups is 1. The maximum atomic E-state index is 11.0. The van der Waals surface area contributed by atoms with Crippen LogP contribution in [0.5, 0.6) is 0 Å². The Hall–Kier alpha value is -1.09. The van der Waals surface area contributed by atoms with Crippen LogP contribution >= 0.6 is 0 Å². The lowest BCUT2D eigenvalue weighted by Crippen LogP contribution is -2.23. The summed E-state index contributed by atoms with van der Waals surface area (Å²) in [5.74, 6) is -0.378. The highest BCUT2D eigenvalue weighted by Crippen LogP contribution is 1.94. The van der Waals surface area contributed by atoms with Gasteiger partial charge in [0, 0.05) is 0 Å². The van der Waals surface area contributed by atoms with Crippen LogP contribution in [0, 0.1) is 0 Å². The molecule has 0 radical (unpaired) electrons. The molecule has 0 fully saturated rings. The molecule has 0 spiro atoms. The first-order chi connectivity index (χ1) is 5.72. The molecule has 0 aliphatic carbocycles. The van der Waals surface area contributed by atoms with Gasteiger partial charge in [0.25, 0.3) is 0 Å². The largest absolute Gasteiger partial charge is 0.460 e. The molecular formula is C9H14O3. The minimum absolute atomic E-state index is 0.223. The number of rotatable bonds is 6. The Labute approximate surface area is 72.7 Å². The van der Waals surface area contributed by atoms with E-state index in [2.05, 4.69) is 13.2 Å². The molecule has 0 bridgehead atoms. The zero-order valence-electron chi connectivity index (χ0n) is 7.29. The number of carbonyl (C=O) groups excluding carboxylic acids is 1. The van der Waals surface area contributed by atoms with Crippen LogP contribution in [0.4, 0.5) is 0 Å². The Morgan fingerprint density at radius 3 is 2.50 bits per heavy atom. The van der Waals surface area contributed by atoms with E-state index in [1.807, 2.05) is 0 Å². The third kappa shape index (κ3) is 4.68. The van der Waals surface area contributed by atoms with E-state index in [9.17, 15) is 4.79 Å². The molecule has 1 unspecified atom stereocenters. The smallest absolute Gasteiger partial charge is 0.335 e. The molecule has 1 atom stereocenters.